The summed E-state index contributed by atoms with van der Waals surface area (Å²) in [5.41, 5.74) is 1.22. The molecule has 1 fully saturated rings. The zero-order valence-electron chi connectivity index (χ0n) is 18.7. The normalized spacial score (nSPS) is 20.1. The van der Waals surface area contributed by atoms with Crippen molar-refractivity contribution in [3.63, 3.8) is 0 Å². The standard InChI is InChI=1S/C24H24Cl2N4O4/c1-29(2)10-9-23(31)17-3-6-19(7-4-17)32-12-20-13-33-24(34-20,14-30-16-27-15-28-30)21-8-5-18(25)11-22(21)26/h3-11,15-16,20H,12-14H2,1-2H3. The Hall–Kier alpha value is -2.91. The van der Waals surface area contributed by atoms with Crippen LogP contribution in [0.2, 0.25) is 10.0 Å². The number of halogens is 2. The minimum Gasteiger partial charge on any atom is -0.491 e. The van der Waals surface area contributed by atoms with Crippen LogP contribution in [0.3, 0.4) is 0 Å². The molecule has 8 nitrogen and oxygen atoms in total. The SMILES string of the molecule is CN(C)C=CC(=O)c1ccc(OCC2COC(Cn3cncn3)(c3ccc(Cl)cc3Cl)O2)cc1. The number of carbonyl (C=O) groups is 1. The third-order valence-corrected chi connectivity index (χ3v) is 5.68. The molecule has 4 rings (SSSR count). The minimum absolute atomic E-state index is 0.0782. The molecular weight excluding hydrogens is 479 g/mol. The summed E-state index contributed by atoms with van der Waals surface area (Å²) >= 11 is 12.6. The second-order valence-electron chi connectivity index (χ2n) is 8.00. The van der Waals surface area contributed by atoms with Crippen LogP contribution >= 0.6 is 23.2 Å². The van der Waals surface area contributed by atoms with Crippen LogP contribution in [0.1, 0.15) is 15.9 Å². The molecule has 0 saturated carbocycles. The predicted molar refractivity (Wildman–Crippen MR) is 128 cm³/mol. The van der Waals surface area contributed by atoms with E-state index in [1.807, 2.05) is 14.1 Å². The Morgan fingerprint density at radius 3 is 2.74 bits per heavy atom. The molecule has 178 valence electrons. The van der Waals surface area contributed by atoms with Gasteiger partial charge in [0.1, 0.15) is 37.7 Å². The van der Waals surface area contributed by atoms with E-state index in [-0.39, 0.29) is 25.0 Å². The molecule has 2 heterocycles. The molecule has 1 aliphatic heterocycles. The molecule has 0 radical (unpaired) electrons. The number of benzene rings is 2. The largest absolute Gasteiger partial charge is 0.491 e. The van der Waals surface area contributed by atoms with Gasteiger partial charge in [0.2, 0.25) is 5.79 Å². The molecule has 0 amide bonds. The Morgan fingerprint density at radius 1 is 1.26 bits per heavy atom. The van der Waals surface area contributed by atoms with E-state index in [2.05, 4.69) is 10.1 Å². The van der Waals surface area contributed by atoms with Crippen molar-refractivity contribution in [2.24, 2.45) is 0 Å². The summed E-state index contributed by atoms with van der Waals surface area (Å²) in [4.78, 5) is 18.0. The van der Waals surface area contributed by atoms with Crippen molar-refractivity contribution in [1.29, 1.82) is 0 Å². The van der Waals surface area contributed by atoms with Crippen LogP contribution in [0.4, 0.5) is 0 Å². The first-order chi connectivity index (χ1) is 16.3. The molecule has 10 heteroatoms. The molecule has 2 aromatic carbocycles. The van der Waals surface area contributed by atoms with Gasteiger partial charge >= 0.3 is 0 Å². The Labute approximate surface area is 207 Å². The molecule has 2 atom stereocenters. The van der Waals surface area contributed by atoms with Crippen LogP contribution in [0.15, 0.2) is 67.4 Å². The number of hydrogen-bond donors (Lipinski definition) is 0. The third-order valence-electron chi connectivity index (χ3n) is 5.14. The summed E-state index contributed by atoms with van der Waals surface area (Å²) in [7, 11) is 3.72. The van der Waals surface area contributed by atoms with Crippen molar-refractivity contribution in [3.8, 4) is 5.75 Å². The molecule has 0 N–H and O–H groups in total. The number of ether oxygens (including phenoxy) is 3. The quantitative estimate of drug-likeness (QED) is 0.320. The molecule has 1 aliphatic rings. The number of aromatic nitrogens is 3. The van der Waals surface area contributed by atoms with E-state index in [1.165, 1.54) is 12.4 Å². The van der Waals surface area contributed by atoms with Gasteiger partial charge < -0.3 is 19.1 Å². The summed E-state index contributed by atoms with van der Waals surface area (Å²) in [6.07, 6.45) is 5.90. The lowest BCUT2D eigenvalue weighted by atomic mass is 10.1. The highest BCUT2D eigenvalue weighted by Crippen LogP contribution is 2.40. The average Bonchev–Trinajstić information content (AvgIpc) is 3.47. The maximum atomic E-state index is 12.2. The fourth-order valence-electron chi connectivity index (χ4n) is 3.50. The van der Waals surface area contributed by atoms with E-state index in [9.17, 15) is 4.79 Å². The molecule has 1 saturated heterocycles. The third kappa shape index (κ3) is 5.77. The first-order valence-electron chi connectivity index (χ1n) is 10.6. The fraction of sp³-hybridized carbons (Fsp3) is 0.292. The smallest absolute Gasteiger partial charge is 0.217 e. The van der Waals surface area contributed by atoms with Gasteiger partial charge in [0, 0.05) is 42.5 Å². The van der Waals surface area contributed by atoms with Gasteiger partial charge in [-0.15, -0.1) is 0 Å². The Balaban J connectivity index is 1.43. The lowest BCUT2D eigenvalue weighted by Crippen LogP contribution is -2.35. The topological polar surface area (TPSA) is 78.7 Å². The van der Waals surface area contributed by atoms with E-state index in [0.29, 0.717) is 33.5 Å². The molecule has 2 unspecified atom stereocenters. The van der Waals surface area contributed by atoms with Crippen molar-refractivity contribution in [1.82, 2.24) is 19.7 Å². The zero-order chi connectivity index (χ0) is 24.1. The van der Waals surface area contributed by atoms with Crippen LogP contribution < -0.4 is 4.74 Å². The van der Waals surface area contributed by atoms with Crippen molar-refractivity contribution in [3.05, 3.63) is 88.6 Å². The summed E-state index contributed by atoms with van der Waals surface area (Å²) in [5, 5.41) is 5.12. The van der Waals surface area contributed by atoms with Crippen molar-refractivity contribution >= 4 is 29.0 Å². The molecular formula is C24H24Cl2N4O4. The summed E-state index contributed by atoms with van der Waals surface area (Å²) < 4.78 is 20.0. The van der Waals surface area contributed by atoms with E-state index < -0.39 is 5.79 Å². The molecule has 3 aromatic rings. The molecule has 0 aliphatic carbocycles. The molecule has 34 heavy (non-hydrogen) atoms. The van der Waals surface area contributed by atoms with Crippen molar-refractivity contribution < 1.29 is 19.0 Å². The fourth-order valence-corrected chi connectivity index (χ4v) is 4.05. The van der Waals surface area contributed by atoms with E-state index in [4.69, 9.17) is 37.4 Å². The Bertz CT molecular complexity index is 1150. The van der Waals surface area contributed by atoms with Gasteiger partial charge in [-0.05, 0) is 36.4 Å². The first-order valence-corrected chi connectivity index (χ1v) is 11.3. The van der Waals surface area contributed by atoms with Gasteiger partial charge in [0.25, 0.3) is 0 Å². The number of rotatable bonds is 9. The number of allylic oxidation sites excluding steroid dienone is 1. The van der Waals surface area contributed by atoms with Gasteiger partial charge in [0.05, 0.1) is 11.6 Å². The zero-order valence-corrected chi connectivity index (χ0v) is 20.2. The van der Waals surface area contributed by atoms with Gasteiger partial charge in [0.15, 0.2) is 5.78 Å². The van der Waals surface area contributed by atoms with E-state index in [1.54, 1.807) is 64.6 Å². The van der Waals surface area contributed by atoms with Crippen molar-refractivity contribution in [2.75, 3.05) is 27.3 Å². The lowest BCUT2D eigenvalue weighted by Gasteiger charge is -2.29. The molecule has 0 spiro atoms. The van der Waals surface area contributed by atoms with E-state index >= 15 is 0 Å². The molecule has 0 bridgehead atoms. The van der Waals surface area contributed by atoms with Crippen LogP contribution in [-0.2, 0) is 21.8 Å². The monoisotopic (exact) mass is 502 g/mol. The first kappa shape index (κ1) is 24.2. The maximum absolute atomic E-state index is 12.2. The average molecular weight is 503 g/mol. The van der Waals surface area contributed by atoms with Crippen LogP contribution in [0, 0.1) is 0 Å². The van der Waals surface area contributed by atoms with E-state index in [0.717, 1.165) is 0 Å². The second-order valence-corrected chi connectivity index (χ2v) is 8.84. The summed E-state index contributed by atoms with van der Waals surface area (Å²) in [5.74, 6) is -0.626. The Kier molecular flexibility index (Phi) is 7.53. The summed E-state index contributed by atoms with van der Waals surface area (Å²) in [6.45, 7) is 0.791. The highest BCUT2D eigenvalue weighted by molar-refractivity contribution is 6.35. The van der Waals surface area contributed by atoms with Gasteiger partial charge in [-0.1, -0.05) is 29.3 Å². The number of nitrogens with zero attached hydrogens (tertiary/aromatic N) is 4. The highest BCUT2D eigenvalue weighted by atomic mass is 35.5. The highest BCUT2D eigenvalue weighted by Gasteiger charge is 2.45. The predicted octanol–water partition coefficient (Wildman–Crippen LogP) is 4.19. The van der Waals surface area contributed by atoms with Gasteiger partial charge in [-0.25, -0.2) is 9.67 Å². The van der Waals surface area contributed by atoms with Crippen LogP contribution in [0.5, 0.6) is 5.75 Å². The number of hydrogen-bond acceptors (Lipinski definition) is 7. The van der Waals surface area contributed by atoms with Crippen LogP contribution in [-0.4, -0.2) is 58.9 Å². The summed E-state index contributed by atoms with van der Waals surface area (Å²) in [6, 6.07) is 12.1. The molecule has 1 aromatic heterocycles. The van der Waals surface area contributed by atoms with Gasteiger partial charge in [-0.2, -0.15) is 5.10 Å². The van der Waals surface area contributed by atoms with Crippen molar-refractivity contribution in [2.45, 2.75) is 18.4 Å². The van der Waals surface area contributed by atoms with Gasteiger partial charge in [-0.3, -0.25) is 4.79 Å². The van der Waals surface area contributed by atoms with Crippen LogP contribution in [0.25, 0.3) is 0 Å². The maximum Gasteiger partial charge on any atom is 0.217 e. The number of carbonyl (C=O) groups excluding carboxylic acids is 1. The Morgan fingerprint density at radius 2 is 2.06 bits per heavy atom. The minimum atomic E-state index is -1.17. The number of ketones is 1. The second kappa shape index (κ2) is 10.6. The lowest BCUT2D eigenvalue weighted by molar-refractivity contribution is -0.190.